The van der Waals surface area contributed by atoms with Crippen LogP contribution in [0.3, 0.4) is 0 Å². The van der Waals surface area contributed by atoms with Gasteiger partial charge >= 0.3 is 5.97 Å². The molecule has 0 unspecified atom stereocenters. The summed E-state index contributed by atoms with van der Waals surface area (Å²) < 4.78 is 0. The first-order valence-corrected chi connectivity index (χ1v) is 11.7. The summed E-state index contributed by atoms with van der Waals surface area (Å²) in [7, 11) is 0. The van der Waals surface area contributed by atoms with E-state index in [0.29, 0.717) is 12.0 Å². The van der Waals surface area contributed by atoms with Crippen molar-refractivity contribution >= 4 is 35.6 Å². The van der Waals surface area contributed by atoms with E-state index >= 15 is 0 Å². The minimum Gasteiger partial charge on any atom is -0.481 e. The van der Waals surface area contributed by atoms with E-state index in [1.807, 2.05) is 69.4 Å². The van der Waals surface area contributed by atoms with Gasteiger partial charge in [0.25, 0.3) is 5.91 Å². The maximum atomic E-state index is 12.7. The number of carbonyl (C=O) groups excluding carboxylic acids is 2. The molecule has 0 saturated heterocycles. The Morgan fingerprint density at radius 1 is 1.11 bits per heavy atom. The van der Waals surface area contributed by atoms with Gasteiger partial charge in [-0.15, -0.1) is 0 Å². The van der Waals surface area contributed by atoms with Crippen molar-refractivity contribution in [1.82, 2.24) is 10.3 Å². The molecule has 0 radical (unpaired) electrons. The van der Waals surface area contributed by atoms with E-state index in [-0.39, 0.29) is 18.9 Å². The normalized spacial score (nSPS) is 12.5. The monoisotopic (exact) mass is 491 g/mol. The number of rotatable bonds is 6. The van der Waals surface area contributed by atoms with Gasteiger partial charge in [-0.3, -0.25) is 14.4 Å². The van der Waals surface area contributed by atoms with E-state index < -0.39 is 5.97 Å². The molecule has 0 spiro atoms. The molecule has 0 aliphatic carbocycles. The van der Waals surface area contributed by atoms with Crippen molar-refractivity contribution in [1.29, 1.82) is 0 Å². The van der Waals surface area contributed by atoms with Crippen LogP contribution in [0.1, 0.15) is 41.8 Å². The molecule has 2 aromatic carbocycles. The first-order chi connectivity index (χ1) is 17.3. The first-order valence-electron chi connectivity index (χ1n) is 11.7. The van der Waals surface area contributed by atoms with Gasteiger partial charge < -0.3 is 25.8 Å². The van der Waals surface area contributed by atoms with Crippen molar-refractivity contribution in [2.24, 2.45) is 0 Å². The van der Waals surface area contributed by atoms with Gasteiger partial charge in [0.2, 0.25) is 6.41 Å². The summed E-state index contributed by atoms with van der Waals surface area (Å²) in [5.74, 6) is -1.01. The van der Waals surface area contributed by atoms with E-state index in [0.717, 1.165) is 51.3 Å². The summed E-state index contributed by atoms with van der Waals surface area (Å²) in [4.78, 5) is 36.3. The minimum atomic E-state index is -0.870. The van der Waals surface area contributed by atoms with Crippen LogP contribution in [0.25, 0.3) is 22.8 Å². The standard InChI is InChI=1S/C23H20N2O3.C3H7NO.C2H6O/c1-13-12-24-20(14(13)2)11-18-22-17(7-4-8-19(22)25-23(18)28)16-6-3-5-15(9-16)10-21(26)27;1-2-4-3-5;1-2-3/h3-9,11-12,24H,10H2,1-2H3,(H,25,28)(H,26,27);3H,2H2,1H3,(H,4,5);3H,2H2,1H3/b18-11-;;. The number of hydrogen-bond donors (Lipinski definition) is 5. The third-order valence-electron chi connectivity index (χ3n) is 5.44. The Hall–Kier alpha value is -4.17. The molecule has 1 aliphatic heterocycles. The summed E-state index contributed by atoms with van der Waals surface area (Å²) in [5, 5.41) is 22.0. The second kappa shape index (κ2) is 13.7. The summed E-state index contributed by atoms with van der Waals surface area (Å²) in [6.45, 7) is 8.57. The van der Waals surface area contributed by atoms with Gasteiger partial charge in [0.05, 0.1) is 12.0 Å². The Morgan fingerprint density at radius 2 is 1.81 bits per heavy atom. The minimum absolute atomic E-state index is 0.0380. The average molecular weight is 492 g/mol. The molecule has 5 N–H and O–H groups in total. The summed E-state index contributed by atoms with van der Waals surface area (Å²) in [6, 6.07) is 13.2. The van der Waals surface area contributed by atoms with E-state index in [1.165, 1.54) is 0 Å². The maximum absolute atomic E-state index is 12.7. The quantitative estimate of drug-likeness (QED) is 0.261. The maximum Gasteiger partial charge on any atom is 0.307 e. The number of anilines is 1. The number of aliphatic carboxylic acids is 1. The number of aliphatic hydroxyl groups excluding tert-OH is 1. The summed E-state index contributed by atoms with van der Waals surface area (Å²) in [5.41, 5.74) is 7.86. The van der Waals surface area contributed by atoms with E-state index in [9.17, 15) is 14.4 Å². The Kier molecular flexibility index (Phi) is 10.6. The van der Waals surface area contributed by atoms with Crippen LogP contribution in [0.15, 0.2) is 48.7 Å². The van der Waals surface area contributed by atoms with Crippen LogP contribution in [0.2, 0.25) is 0 Å². The number of aromatic nitrogens is 1. The number of nitrogens with one attached hydrogen (secondary N) is 3. The number of aryl methyl sites for hydroxylation is 1. The largest absolute Gasteiger partial charge is 0.481 e. The molecule has 1 aromatic heterocycles. The fraction of sp³-hybridized carbons (Fsp3) is 0.250. The predicted octanol–water partition coefficient (Wildman–Crippen LogP) is 4.17. The number of H-pyrrole nitrogens is 1. The molecular formula is C28H33N3O5. The molecule has 0 saturated carbocycles. The number of benzene rings is 2. The molecule has 190 valence electrons. The molecule has 0 bridgehead atoms. The number of fused-ring (bicyclic) bond motifs is 1. The molecule has 2 heterocycles. The van der Waals surface area contributed by atoms with Crippen molar-refractivity contribution in [2.75, 3.05) is 18.5 Å². The zero-order chi connectivity index (χ0) is 26.7. The molecule has 8 heteroatoms. The highest BCUT2D eigenvalue weighted by Gasteiger charge is 2.27. The lowest BCUT2D eigenvalue weighted by Gasteiger charge is -2.10. The van der Waals surface area contributed by atoms with Gasteiger partial charge in [-0.2, -0.15) is 0 Å². The average Bonchev–Trinajstić information content (AvgIpc) is 3.33. The van der Waals surface area contributed by atoms with Gasteiger partial charge in [0.15, 0.2) is 0 Å². The Morgan fingerprint density at radius 3 is 2.36 bits per heavy atom. The lowest BCUT2D eigenvalue weighted by Crippen LogP contribution is -2.07. The summed E-state index contributed by atoms with van der Waals surface area (Å²) in [6.07, 6.45) is 4.45. The zero-order valence-electron chi connectivity index (χ0n) is 21.0. The van der Waals surface area contributed by atoms with Gasteiger partial charge in [-0.05, 0) is 67.7 Å². The zero-order valence-corrected chi connectivity index (χ0v) is 21.0. The van der Waals surface area contributed by atoms with Crippen LogP contribution < -0.4 is 10.6 Å². The highest BCUT2D eigenvalue weighted by atomic mass is 16.4. The molecule has 2 amide bonds. The van der Waals surface area contributed by atoms with Crippen LogP contribution in [0.5, 0.6) is 0 Å². The van der Waals surface area contributed by atoms with Crippen molar-refractivity contribution in [3.8, 4) is 11.1 Å². The van der Waals surface area contributed by atoms with Crippen LogP contribution in [-0.4, -0.2) is 46.6 Å². The van der Waals surface area contributed by atoms with Crippen molar-refractivity contribution in [2.45, 2.75) is 34.1 Å². The predicted molar refractivity (Wildman–Crippen MR) is 142 cm³/mol. The summed E-state index contributed by atoms with van der Waals surface area (Å²) >= 11 is 0. The lowest BCUT2D eigenvalue weighted by atomic mass is 9.93. The third-order valence-corrected chi connectivity index (χ3v) is 5.44. The highest BCUT2D eigenvalue weighted by molar-refractivity contribution is 6.36. The van der Waals surface area contributed by atoms with Gasteiger partial charge in [-0.25, -0.2) is 0 Å². The topological polar surface area (TPSA) is 132 Å². The number of aromatic amines is 1. The second-order valence-corrected chi connectivity index (χ2v) is 8.01. The molecule has 4 rings (SSSR count). The third kappa shape index (κ3) is 7.16. The molecule has 1 aliphatic rings. The fourth-order valence-corrected chi connectivity index (χ4v) is 3.64. The number of amides is 2. The Bertz CT molecular complexity index is 1240. The number of carboxylic acid groups (broad SMARTS) is 1. The van der Waals surface area contributed by atoms with Gasteiger partial charge in [0.1, 0.15) is 0 Å². The molecule has 0 fully saturated rings. The number of carboxylic acids is 1. The van der Waals surface area contributed by atoms with E-state index in [2.05, 4.69) is 15.6 Å². The molecular weight excluding hydrogens is 458 g/mol. The van der Waals surface area contributed by atoms with Crippen molar-refractivity contribution < 1.29 is 24.6 Å². The molecule has 0 atom stereocenters. The number of hydrogen-bond acceptors (Lipinski definition) is 4. The lowest BCUT2D eigenvalue weighted by molar-refractivity contribution is -0.136. The molecule has 3 aromatic rings. The van der Waals surface area contributed by atoms with Crippen LogP contribution in [0, 0.1) is 13.8 Å². The highest BCUT2D eigenvalue weighted by Crippen LogP contribution is 2.40. The first kappa shape index (κ1) is 28.1. The number of carbonyl (C=O) groups is 3. The molecule has 8 nitrogen and oxygen atoms in total. The van der Waals surface area contributed by atoms with E-state index in [4.69, 9.17) is 10.2 Å². The second-order valence-electron chi connectivity index (χ2n) is 8.01. The van der Waals surface area contributed by atoms with Crippen molar-refractivity contribution in [3.05, 3.63) is 76.6 Å². The fourth-order valence-electron chi connectivity index (χ4n) is 3.64. The molecule has 36 heavy (non-hydrogen) atoms. The van der Waals surface area contributed by atoms with E-state index in [1.54, 1.807) is 13.0 Å². The van der Waals surface area contributed by atoms with Crippen LogP contribution >= 0.6 is 0 Å². The van der Waals surface area contributed by atoms with Crippen molar-refractivity contribution in [3.63, 3.8) is 0 Å². The smallest absolute Gasteiger partial charge is 0.307 e. The Labute approximate surface area is 211 Å². The van der Waals surface area contributed by atoms with Crippen LogP contribution in [-0.2, 0) is 20.8 Å². The Balaban J connectivity index is 0.000000501. The van der Waals surface area contributed by atoms with Gasteiger partial charge in [-0.1, -0.05) is 36.4 Å². The van der Waals surface area contributed by atoms with Gasteiger partial charge in [0, 0.05) is 36.3 Å². The number of aliphatic hydroxyl groups is 1. The van der Waals surface area contributed by atoms with Crippen LogP contribution in [0.4, 0.5) is 5.69 Å². The SMILES string of the molecule is CCNC=O.CCO.Cc1c[nH]c(/C=C2\C(=O)Nc3cccc(-c4cccc(CC(=O)O)c4)c32)c1C.